The van der Waals surface area contributed by atoms with Gasteiger partial charge >= 0.3 is 5.97 Å². The summed E-state index contributed by atoms with van der Waals surface area (Å²) in [5.41, 5.74) is -0.0529. The Morgan fingerprint density at radius 1 is 1.23 bits per heavy atom. The highest BCUT2D eigenvalue weighted by Crippen LogP contribution is 2.22. The molecule has 0 aromatic heterocycles. The highest BCUT2D eigenvalue weighted by atomic mass is 79.9. The zero-order chi connectivity index (χ0) is 16.5. The molecule has 1 aromatic carbocycles. The SMILES string of the molecule is CCCNC(=O)CNC(=O)COC(=O)c1cc(Br)ccc1O. The number of carbonyl (C=O) groups is 3. The minimum Gasteiger partial charge on any atom is -0.507 e. The van der Waals surface area contributed by atoms with Crippen molar-refractivity contribution in [1.82, 2.24) is 10.6 Å². The van der Waals surface area contributed by atoms with Gasteiger partial charge in [-0.3, -0.25) is 9.59 Å². The fourth-order valence-corrected chi connectivity index (χ4v) is 1.80. The van der Waals surface area contributed by atoms with Gasteiger partial charge in [-0.05, 0) is 24.6 Å². The van der Waals surface area contributed by atoms with Crippen molar-refractivity contribution >= 4 is 33.7 Å². The third kappa shape index (κ3) is 6.13. The summed E-state index contributed by atoms with van der Waals surface area (Å²) in [5.74, 6) is -1.99. The molecule has 0 radical (unpaired) electrons. The van der Waals surface area contributed by atoms with Crippen LogP contribution in [0.2, 0.25) is 0 Å². The van der Waals surface area contributed by atoms with Gasteiger partial charge in [-0.1, -0.05) is 22.9 Å². The lowest BCUT2D eigenvalue weighted by molar-refractivity contribution is -0.127. The van der Waals surface area contributed by atoms with Crippen LogP contribution in [0.4, 0.5) is 0 Å². The molecule has 0 aliphatic rings. The Hall–Kier alpha value is -2.09. The first-order valence-corrected chi connectivity index (χ1v) is 7.42. The maximum Gasteiger partial charge on any atom is 0.342 e. The summed E-state index contributed by atoms with van der Waals surface area (Å²) in [5, 5.41) is 14.5. The highest BCUT2D eigenvalue weighted by Gasteiger charge is 2.15. The van der Waals surface area contributed by atoms with E-state index in [0.717, 1.165) is 6.42 Å². The topological polar surface area (TPSA) is 105 Å². The van der Waals surface area contributed by atoms with Crippen LogP contribution in [0.1, 0.15) is 23.7 Å². The van der Waals surface area contributed by atoms with Crippen molar-refractivity contribution in [2.24, 2.45) is 0 Å². The first kappa shape index (κ1) is 18.0. The number of aromatic hydroxyl groups is 1. The lowest BCUT2D eigenvalue weighted by Crippen LogP contribution is -2.38. The van der Waals surface area contributed by atoms with Crippen LogP contribution in [-0.2, 0) is 14.3 Å². The van der Waals surface area contributed by atoms with E-state index in [-0.39, 0.29) is 23.8 Å². The van der Waals surface area contributed by atoms with Crippen LogP contribution in [0.5, 0.6) is 5.75 Å². The van der Waals surface area contributed by atoms with E-state index >= 15 is 0 Å². The Bertz CT molecular complexity index is 562. The van der Waals surface area contributed by atoms with Crippen molar-refractivity contribution in [2.75, 3.05) is 19.7 Å². The summed E-state index contributed by atoms with van der Waals surface area (Å²) in [6, 6.07) is 4.28. The molecule has 8 heteroatoms. The van der Waals surface area contributed by atoms with Crippen LogP contribution < -0.4 is 10.6 Å². The monoisotopic (exact) mass is 372 g/mol. The van der Waals surface area contributed by atoms with Gasteiger partial charge in [0.15, 0.2) is 6.61 Å². The molecule has 120 valence electrons. The summed E-state index contributed by atoms with van der Waals surface area (Å²) >= 11 is 3.16. The molecule has 22 heavy (non-hydrogen) atoms. The smallest absolute Gasteiger partial charge is 0.342 e. The predicted octanol–water partition coefficient (Wildman–Crippen LogP) is 0.954. The lowest BCUT2D eigenvalue weighted by atomic mass is 10.2. The molecule has 2 amide bonds. The van der Waals surface area contributed by atoms with Crippen LogP contribution in [0.15, 0.2) is 22.7 Å². The summed E-state index contributed by atoms with van der Waals surface area (Å²) in [7, 11) is 0. The number of rotatable bonds is 7. The maximum atomic E-state index is 11.7. The Morgan fingerprint density at radius 3 is 2.64 bits per heavy atom. The molecule has 0 spiro atoms. The minimum absolute atomic E-state index is 0.0529. The second-order valence-electron chi connectivity index (χ2n) is 4.36. The number of carbonyl (C=O) groups excluding carboxylic acids is 3. The average Bonchev–Trinajstić information content (AvgIpc) is 2.50. The van der Waals surface area contributed by atoms with Crippen LogP contribution in [0.3, 0.4) is 0 Å². The standard InChI is InChI=1S/C14H17BrN2O5/c1-2-5-16-12(19)7-17-13(20)8-22-14(21)10-6-9(15)3-4-11(10)18/h3-4,6,18H,2,5,7-8H2,1H3,(H,16,19)(H,17,20). The molecule has 0 aliphatic heterocycles. The fourth-order valence-electron chi connectivity index (χ4n) is 1.44. The van der Waals surface area contributed by atoms with Crippen molar-refractivity contribution in [3.05, 3.63) is 28.2 Å². The zero-order valence-corrected chi connectivity index (χ0v) is 13.6. The van der Waals surface area contributed by atoms with Gasteiger partial charge in [0.25, 0.3) is 5.91 Å². The van der Waals surface area contributed by atoms with E-state index in [1.54, 1.807) is 6.07 Å². The molecular weight excluding hydrogens is 356 g/mol. The fraction of sp³-hybridized carbons (Fsp3) is 0.357. The van der Waals surface area contributed by atoms with Gasteiger partial charge in [0.2, 0.25) is 5.91 Å². The number of halogens is 1. The van der Waals surface area contributed by atoms with Gasteiger partial charge in [-0.25, -0.2) is 4.79 Å². The predicted molar refractivity (Wildman–Crippen MR) is 82.4 cm³/mol. The second-order valence-corrected chi connectivity index (χ2v) is 5.28. The van der Waals surface area contributed by atoms with E-state index in [1.165, 1.54) is 12.1 Å². The minimum atomic E-state index is -0.829. The quantitative estimate of drug-likeness (QED) is 0.618. The third-order valence-electron chi connectivity index (χ3n) is 2.53. The van der Waals surface area contributed by atoms with E-state index in [0.29, 0.717) is 11.0 Å². The molecule has 0 bridgehead atoms. The molecule has 0 fully saturated rings. The highest BCUT2D eigenvalue weighted by molar-refractivity contribution is 9.10. The van der Waals surface area contributed by atoms with E-state index in [1.807, 2.05) is 6.92 Å². The van der Waals surface area contributed by atoms with Gasteiger partial charge in [0.1, 0.15) is 11.3 Å². The number of amides is 2. The molecule has 3 N–H and O–H groups in total. The van der Waals surface area contributed by atoms with Crippen molar-refractivity contribution in [2.45, 2.75) is 13.3 Å². The van der Waals surface area contributed by atoms with Gasteiger partial charge < -0.3 is 20.5 Å². The molecule has 0 aliphatic carbocycles. The Kier molecular flexibility index (Phi) is 7.38. The molecule has 0 atom stereocenters. The number of nitrogens with one attached hydrogen (secondary N) is 2. The van der Waals surface area contributed by atoms with Crippen LogP contribution in [0, 0.1) is 0 Å². The second kappa shape index (κ2) is 9.04. The van der Waals surface area contributed by atoms with Gasteiger partial charge in [-0.2, -0.15) is 0 Å². The maximum absolute atomic E-state index is 11.7. The van der Waals surface area contributed by atoms with E-state index in [4.69, 9.17) is 4.74 Å². The van der Waals surface area contributed by atoms with Crippen molar-refractivity contribution in [1.29, 1.82) is 0 Å². The largest absolute Gasteiger partial charge is 0.507 e. The molecule has 0 heterocycles. The Morgan fingerprint density at radius 2 is 1.95 bits per heavy atom. The molecular formula is C14H17BrN2O5. The third-order valence-corrected chi connectivity index (χ3v) is 3.02. The molecule has 0 unspecified atom stereocenters. The van der Waals surface area contributed by atoms with Crippen LogP contribution in [-0.4, -0.2) is 42.6 Å². The lowest BCUT2D eigenvalue weighted by Gasteiger charge is -2.08. The van der Waals surface area contributed by atoms with Crippen molar-refractivity contribution in [3.63, 3.8) is 0 Å². The van der Waals surface area contributed by atoms with Crippen molar-refractivity contribution < 1.29 is 24.2 Å². The molecule has 0 saturated heterocycles. The summed E-state index contributed by atoms with van der Waals surface area (Å²) in [6.45, 7) is 1.73. The number of phenols is 1. The van der Waals surface area contributed by atoms with E-state index in [9.17, 15) is 19.5 Å². The number of phenolic OH excluding ortho intramolecular Hbond substituents is 1. The number of hydrogen-bond acceptors (Lipinski definition) is 5. The summed E-state index contributed by atoms with van der Waals surface area (Å²) in [6.07, 6.45) is 0.799. The van der Waals surface area contributed by atoms with Crippen LogP contribution in [0.25, 0.3) is 0 Å². The normalized spacial score (nSPS) is 9.91. The first-order chi connectivity index (χ1) is 10.4. The number of ether oxygens (including phenoxy) is 1. The number of esters is 1. The summed E-state index contributed by atoms with van der Waals surface area (Å²) in [4.78, 5) is 34.5. The Balaban J connectivity index is 2.39. The molecule has 7 nitrogen and oxygen atoms in total. The summed E-state index contributed by atoms with van der Waals surface area (Å²) < 4.78 is 5.37. The van der Waals surface area contributed by atoms with Crippen molar-refractivity contribution in [3.8, 4) is 5.75 Å². The Labute approximate surface area is 136 Å². The van der Waals surface area contributed by atoms with Gasteiger partial charge in [0, 0.05) is 11.0 Å². The first-order valence-electron chi connectivity index (χ1n) is 6.63. The molecule has 1 aromatic rings. The van der Waals surface area contributed by atoms with E-state index < -0.39 is 18.5 Å². The van der Waals surface area contributed by atoms with Gasteiger partial charge in [0.05, 0.1) is 6.54 Å². The van der Waals surface area contributed by atoms with Gasteiger partial charge in [-0.15, -0.1) is 0 Å². The van der Waals surface area contributed by atoms with Crippen LogP contribution >= 0.6 is 15.9 Å². The number of hydrogen-bond donors (Lipinski definition) is 3. The molecule has 0 saturated carbocycles. The molecule has 1 rings (SSSR count). The zero-order valence-electron chi connectivity index (χ0n) is 12.0. The average molecular weight is 373 g/mol. The van der Waals surface area contributed by atoms with E-state index in [2.05, 4.69) is 26.6 Å². The number of benzene rings is 1.